The molecule has 0 aliphatic carbocycles. The normalized spacial score (nSPS) is 14.1. The lowest BCUT2D eigenvalue weighted by Gasteiger charge is -2.30. The predicted octanol–water partition coefficient (Wildman–Crippen LogP) is 4.74. The molecule has 0 spiro atoms. The highest BCUT2D eigenvalue weighted by Crippen LogP contribution is 2.25. The van der Waals surface area contributed by atoms with Crippen molar-refractivity contribution >= 4 is 40.7 Å². The highest BCUT2D eigenvalue weighted by atomic mass is 35.5. The van der Waals surface area contributed by atoms with E-state index in [4.69, 9.17) is 23.8 Å². The minimum absolute atomic E-state index is 0.0634. The van der Waals surface area contributed by atoms with E-state index >= 15 is 0 Å². The van der Waals surface area contributed by atoms with E-state index in [0.29, 0.717) is 16.2 Å². The van der Waals surface area contributed by atoms with Crippen LogP contribution in [-0.4, -0.2) is 21.6 Å². The summed E-state index contributed by atoms with van der Waals surface area (Å²) in [5.41, 5.74) is 3.86. The summed E-state index contributed by atoms with van der Waals surface area (Å²) in [6.07, 6.45) is 0.981. The molecular weight excluding hydrogens is 402 g/mol. The number of fused-ring (bicyclic) bond motifs is 1. The molecule has 2 N–H and O–H groups in total. The van der Waals surface area contributed by atoms with E-state index in [0.717, 1.165) is 30.9 Å². The minimum atomic E-state index is 0.0634. The van der Waals surface area contributed by atoms with Gasteiger partial charge in [-0.05, 0) is 42.3 Å². The lowest BCUT2D eigenvalue weighted by Crippen LogP contribution is -2.33. The Labute approximate surface area is 181 Å². The van der Waals surface area contributed by atoms with Crippen molar-refractivity contribution in [1.29, 1.82) is 0 Å². The van der Waals surface area contributed by atoms with Gasteiger partial charge in [0.15, 0.2) is 5.11 Å². The zero-order chi connectivity index (χ0) is 20.2. The Morgan fingerprint density at radius 2 is 1.79 bits per heavy atom. The summed E-state index contributed by atoms with van der Waals surface area (Å²) in [4.78, 5) is 11.1. The van der Waals surface area contributed by atoms with E-state index in [9.17, 15) is 0 Å². The first kappa shape index (κ1) is 19.6. The molecule has 3 aromatic rings. The first-order valence-corrected chi connectivity index (χ1v) is 10.4. The second kappa shape index (κ2) is 8.76. The summed E-state index contributed by atoms with van der Waals surface area (Å²) in [5, 5.41) is 7.17. The smallest absolute Gasteiger partial charge is 0.232 e. The molecule has 148 valence electrons. The van der Waals surface area contributed by atoms with Crippen LogP contribution in [0.2, 0.25) is 5.15 Å². The number of nitrogens with zero attached hydrogens (tertiary/aromatic N) is 3. The Morgan fingerprint density at radius 3 is 2.59 bits per heavy atom. The Bertz CT molecular complexity index is 1010. The summed E-state index contributed by atoms with van der Waals surface area (Å²) in [5.74, 6) is 1.19. The van der Waals surface area contributed by atoms with Crippen LogP contribution in [0, 0.1) is 0 Å². The molecule has 7 heteroatoms. The van der Waals surface area contributed by atoms with Gasteiger partial charge in [0.2, 0.25) is 5.95 Å². The van der Waals surface area contributed by atoms with E-state index in [1.54, 1.807) is 6.07 Å². The number of thiocarbonyl (C=S) groups is 1. The van der Waals surface area contributed by atoms with E-state index < -0.39 is 0 Å². The minimum Gasteiger partial charge on any atom is -0.356 e. The molecule has 0 saturated carbocycles. The van der Waals surface area contributed by atoms with Gasteiger partial charge in [-0.3, -0.25) is 0 Å². The lowest BCUT2D eigenvalue weighted by molar-refractivity contribution is 0.717. The van der Waals surface area contributed by atoms with Crippen LogP contribution in [0.25, 0.3) is 0 Å². The van der Waals surface area contributed by atoms with Gasteiger partial charge in [0.25, 0.3) is 0 Å². The third-order valence-corrected chi connectivity index (χ3v) is 5.42. The SMILES string of the molecule is C[C@H](NC(=S)Nc1nc(Cl)cc(N2CCc3ccccc3C2)n1)c1ccccc1. The molecule has 2 aromatic carbocycles. The maximum Gasteiger partial charge on any atom is 0.232 e. The average molecular weight is 424 g/mol. The topological polar surface area (TPSA) is 53.1 Å². The molecule has 4 rings (SSSR count). The van der Waals surface area contributed by atoms with E-state index in [-0.39, 0.29) is 6.04 Å². The second-order valence-corrected chi connectivity index (χ2v) is 7.84. The number of anilines is 2. The molecule has 2 heterocycles. The Kier molecular flexibility index (Phi) is 5.92. The van der Waals surface area contributed by atoms with Crippen molar-refractivity contribution in [3.63, 3.8) is 0 Å². The highest BCUT2D eigenvalue weighted by Gasteiger charge is 2.18. The molecule has 0 fully saturated rings. The van der Waals surface area contributed by atoms with Crippen molar-refractivity contribution < 1.29 is 0 Å². The Balaban J connectivity index is 1.45. The van der Waals surface area contributed by atoms with Crippen molar-refractivity contribution in [2.24, 2.45) is 0 Å². The largest absolute Gasteiger partial charge is 0.356 e. The van der Waals surface area contributed by atoms with E-state index in [1.165, 1.54) is 11.1 Å². The van der Waals surface area contributed by atoms with Crippen LogP contribution in [0.15, 0.2) is 60.7 Å². The number of benzene rings is 2. The zero-order valence-electron chi connectivity index (χ0n) is 16.1. The number of halogens is 1. The summed E-state index contributed by atoms with van der Waals surface area (Å²) in [6, 6.07) is 20.5. The van der Waals surface area contributed by atoms with Crippen LogP contribution in [-0.2, 0) is 13.0 Å². The molecule has 1 aliphatic rings. The first-order chi connectivity index (χ1) is 14.1. The molecule has 0 radical (unpaired) electrons. The fourth-order valence-electron chi connectivity index (χ4n) is 3.47. The molecule has 0 amide bonds. The molecule has 29 heavy (non-hydrogen) atoms. The van der Waals surface area contributed by atoms with Crippen LogP contribution in [0.4, 0.5) is 11.8 Å². The number of nitrogens with one attached hydrogen (secondary N) is 2. The molecule has 0 unspecified atom stereocenters. The van der Waals surface area contributed by atoms with Crippen LogP contribution in [0.5, 0.6) is 0 Å². The number of hydrogen-bond acceptors (Lipinski definition) is 4. The van der Waals surface area contributed by atoms with E-state index in [1.807, 2.05) is 18.2 Å². The fourth-order valence-corrected chi connectivity index (χ4v) is 3.92. The lowest BCUT2D eigenvalue weighted by atomic mass is 10.00. The van der Waals surface area contributed by atoms with Gasteiger partial charge < -0.3 is 15.5 Å². The van der Waals surface area contributed by atoms with Gasteiger partial charge in [-0.25, -0.2) is 4.98 Å². The van der Waals surface area contributed by atoms with Crippen molar-refractivity contribution in [1.82, 2.24) is 15.3 Å². The quantitative estimate of drug-likeness (QED) is 0.467. The van der Waals surface area contributed by atoms with Gasteiger partial charge in [-0.1, -0.05) is 66.2 Å². The summed E-state index contributed by atoms with van der Waals surface area (Å²) < 4.78 is 0. The van der Waals surface area contributed by atoms with E-state index in [2.05, 4.69) is 68.8 Å². The Morgan fingerprint density at radius 1 is 1.07 bits per heavy atom. The number of hydrogen-bond donors (Lipinski definition) is 2. The number of rotatable bonds is 4. The molecule has 1 atom stereocenters. The second-order valence-electron chi connectivity index (χ2n) is 7.04. The zero-order valence-corrected chi connectivity index (χ0v) is 17.7. The molecule has 5 nitrogen and oxygen atoms in total. The summed E-state index contributed by atoms with van der Waals surface area (Å²) in [6.45, 7) is 3.74. The molecule has 1 aromatic heterocycles. The number of aromatic nitrogens is 2. The maximum absolute atomic E-state index is 6.27. The highest BCUT2D eigenvalue weighted by molar-refractivity contribution is 7.80. The fraction of sp³-hybridized carbons (Fsp3) is 0.227. The van der Waals surface area contributed by atoms with Crippen molar-refractivity contribution in [2.45, 2.75) is 25.9 Å². The van der Waals surface area contributed by atoms with Gasteiger partial charge in [-0.15, -0.1) is 0 Å². The van der Waals surface area contributed by atoms with Gasteiger partial charge in [-0.2, -0.15) is 4.98 Å². The van der Waals surface area contributed by atoms with Crippen molar-refractivity contribution in [2.75, 3.05) is 16.8 Å². The average Bonchev–Trinajstić information content (AvgIpc) is 2.73. The van der Waals surface area contributed by atoms with Crippen molar-refractivity contribution in [3.05, 3.63) is 82.5 Å². The first-order valence-electron chi connectivity index (χ1n) is 9.57. The molecular formula is C22H22ClN5S. The van der Waals surface area contributed by atoms with Crippen molar-refractivity contribution in [3.8, 4) is 0 Å². The third kappa shape index (κ3) is 4.83. The van der Waals surface area contributed by atoms with Crippen LogP contribution in [0.3, 0.4) is 0 Å². The van der Waals surface area contributed by atoms with Crippen LogP contribution < -0.4 is 15.5 Å². The molecule has 1 aliphatic heterocycles. The van der Waals surface area contributed by atoms with Gasteiger partial charge >= 0.3 is 0 Å². The molecule has 0 bridgehead atoms. The monoisotopic (exact) mass is 423 g/mol. The van der Waals surface area contributed by atoms with Gasteiger partial charge in [0, 0.05) is 19.2 Å². The van der Waals surface area contributed by atoms with Crippen LogP contribution in [0.1, 0.15) is 29.7 Å². The Hall–Kier alpha value is -2.70. The van der Waals surface area contributed by atoms with Crippen LogP contribution >= 0.6 is 23.8 Å². The van der Waals surface area contributed by atoms with Gasteiger partial charge in [0.05, 0.1) is 6.04 Å². The predicted molar refractivity (Wildman–Crippen MR) is 122 cm³/mol. The maximum atomic E-state index is 6.27. The third-order valence-electron chi connectivity index (χ3n) is 5.01. The van der Waals surface area contributed by atoms with Gasteiger partial charge in [0.1, 0.15) is 11.0 Å². The summed E-state index contributed by atoms with van der Waals surface area (Å²) >= 11 is 11.7. The standard InChI is InChI=1S/C22H22ClN5S/c1-15(16-7-3-2-4-8-16)24-22(29)27-21-25-19(23)13-20(26-21)28-12-11-17-9-5-6-10-18(17)14-28/h2-10,13,15H,11-12,14H2,1H3,(H2,24,25,26,27,29)/t15-/m0/s1. The summed E-state index contributed by atoms with van der Waals surface area (Å²) in [7, 11) is 0. The molecule has 0 saturated heterocycles.